The van der Waals surface area contributed by atoms with Gasteiger partial charge in [-0.3, -0.25) is 0 Å². The number of halogens is 1. The lowest BCUT2D eigenvalue weighted by atomic mass is 10.1. The molecule has 11 heavy (non-hydrogen) atoms. The van der Waals surface area contributed by atoms with E-state index in [0.717, 1.165) is 19.4 Å². The first-order valence-electron chi connectivity index (χ1n) is 3.55. The molecule has 1 atom stereocenters. The van der Waals surface area contributed by atoms with Gasteiger partial charge in [-0.15, -0.1) is 10.2 Å². The molecule has 5 heteroatoms. The van der Waals surface area contributed by atoms with Crippen LogP contribution in [0.5, 0.6) is 0 Å². The number of aromatic nitrogens is 3. The van der Waals surface area contributed by atoms with E-state index in [1.807, 2.05) is 4.57 Å². The fourth-order valence-corrected chi connectivity index (χ4v) is 1.76. The molecule has 1 unspecified atom stereocenters. The third-order valence-corrected chi connectivity index (χ3v) is 2.48. The van der Waals surface area contributed by atoms with Crippen LogP contribution in [0.15, 0.2) is 4.73 Å². The number of hydrogen-bond donors (Lipinski definition) is 1. The Hall–Kier alpha value is -0.420. The third-order valence-electron chi connectivity index (χ3n) is 1.89. The number of nitrogens with zero attached hydrogens (tertiary/aromatic N) is 3. The lowest BCUT2D eigenvalue weighted by molar-refractivity contribution is 0.133. The van der Waals surface area contributed by atoms with Crippen LogP contribution in [0.2, 0.25) is 0 Å². The van der Waals surface area contributed by atoms with Gasteiger partial charge in [0.1, 0.15) is 6.10 Å². The van der Waals surface area contributed by atoms with Crippen molar-refractivity contribution in [1.29, 1.82) is 0 Å². The average Bonchev–Trinajstić information content (AvgIpc) is 2.35. The molecule has 2 rings (SSSR count). The van der Waals surface area contributed by atoms with Crippen LogP contribution in [-0.4, -0.2) is 19.9 Å². The summed E-state index contributed by atoms with van der Waals surface area (Å²) in [6, 6.07) is 0. The highest BCUT2D eigenvalue weighted by molar-refractivity contribution is 9.10. The van der Waals surface area contributed by atoms with Gasteiger partial charge in [-0.2, -0.15) is 0 Å². The Morgan fingerprint density at radius 3 is 3.09 bits per heavy atom. The maximum absolute atomic E-state index is 9.43. The lowest BCUT2D eigenvalue weighted by Crippen LogP contribution is -2.15. The first-order valence-corrected chi connectivity index (χ1v) is 4.35. The first-order chi connectivity index (χ1) is 5.29. The molecular weight excluding hydrogens is 210 g/mol. The van der Waals surface area contributed by atoms with Crippen LogP contribution in [0.3, 0.4) is 0 Å². The third kappa shape index (κ3) is 1.08. The molecule has 0 amide bonds. The van der Waals surface area contributed by atoms with Gasteiger partial charge in [0.05, 0.1) is 0 Å². The predicted octanol–water partition coefficient (Wildman–Crippen LogP) is 0.868. The molecule has 0 saturated heterocycles. The van der Waals surface area contributed by atoms with Crippen molar-refractivity contribution in [3.8, 4) is 0 Å². The highest BCUT2D eigenvalue weighted by Gasteiger charge is 2.21. The zero-order chi connectivity index (χ0) is 7.84. The zero-order valence-corrected chi connectivity index (χ0v) is 7.45. The molecule has 0 aromatic carbocycles. The maximum Gasteiger partial charge on any atom is 0.200 e. The van der Waals surface area contributed by atoms with Crippen molar-refractivity contribution in [2.24, 2.45) is 0 Å². The Balaban J connectivity index is 2.46. The fourth-order valence-electron chi connectivity index (χ4n) is 1.32. The standard InChI is InChI=1S/C6H8BrN3O/c7-6-9-8-5-4(11)2-1-3-10(5)6/h4,11H,1-3H2. The van der Waals surface area contributed by atoms with Crippen molar-refractivity contribution in [3.05, 3.63) is 10.6 Å². The van der Waals surface area contributed by atoms with Gasteiger partial charge in [0.15, 0.2) is 10.6 Å². The second-order valence-electron chi connectivity index (χ2n) is 2.64. The van der Waals surface area contributed by atoms with E-state index in [1.54, 1.807) is 0 Å². The van der Waals surface area contributed by atoms with E-state index >= 15 is 0 Å². The minimum absolute atomic E-state index is 0.428. The van der Waals surface area contributed by atoms with Crippen LogP contribution >= 0.6 is 15.9 Å². The van der Waals surface area contributed by atoms with E-state index in [2.05, 4.69) is 26.1 Å². The summed E-state index contributed by atoms with van der Waals surface area (Å²) in [6.45, 7) is 0.903. The van der Waals surface area contributed by atoms with E-state index in [0.29, 0.717) is 10.6 Å². The SMILES string of the molecule is OC1CCCn2c(Br)nnc21. The normalized spacial score (nSPS) is 23.3. The van der Waals surface area contributed by atoms with Crippen LogP contribution in [0.25, 0.3) is 0 Å². The highest BCUT2D eigenvalue weighted by Crippen LogP contribution is 2.25. The summed E-state index contributed by atoms with van der Waals surface area (Å²) in [4.78, 5) is 0. The molecule has 1 N–H and O–H groups in total. The first kappa shape index (κ1) is 7.24. The Morgan fingerprint density at radius 2 is 2.36 bits per heavy atom. The van der Waals surface area contributed by atoms with Gasteiger partial charge in [0.25, 0.3) is 0 Å². The number of aliphatic hydroxyl groups excluding tert-OH is 1. The van der Waals surface area contributed by atoms with Crippen molar-refractivity contribution >= 4 is 15.9 Å². The Morgan fingerprint density at radius 1 is 1.55 bits per heavy atom. The summed E-state index contributed by atoms with van der Waals surface area (Å²) >= 11 is 3.26. The van der Waals surface area contributed by atoms with Gasteiger partial charge in [-0.05, 0) is 28.8 Å². The van der Waals surface area contributed by atoms with E-state index in [-0.39, 0.29) is 0 Å². The summed E-state index contributed by atoms with van der Waals surface area (Å²) in [7, 11) is 0. The molecule has 0 bridgehead atoms. The van der Waals surface area contributed by atoms with Gasteiger partial charge in [-0.1, -0.05) is 0 Å². The lowest BCUT2D eigenvalue weighted by Gasteiger charge is -2.17. The molecule has 1 aromatic heterocycles. The summed E-state index contributed by atoms with van der Waals surface area (Å²) in [6.07, 6.45) is 1.36. The van der Waals surface area contributed by atoms with Crippen LogP contribution < -0.4 is 0 Å². The molecule has 0 saturated carbocycles. The summed E-state index contributed by atoms with van der Waals surface area (Å²) < 4.78 is 2.61. The van der Waals surface area contributed by atoms with Crippen molar-refractivity contribution in [2.45, 2.75) is 25.5 Å². The Kier molecular flexibility index (Phi) is 1.69. The van der Waals surface area contributed by atoms with Gasteiger partial charge in [-0.25, -0.2) is 0 Å². The van der Waals surface area contributed by atoms with Gasteiger partial charge in [0.2, 0.25) is 0 Å². The molecule has 0 spiro atoms. The van der Waals surface area contributed by atoms with Crippen LogP contribution in [0.4, 0.5) is 0 Å². The molecule has 1 aliphatic heterocycles. The Labute approximate surface area is 72.4 Å². The van der Waals surface area contributed by atoms with E-state index < -0.39 is 6.10 Å². The monoisotopic (exact) mass is 217 g/mol. The number of aliphatic hydroxyl groups is 1. The molecule has 2 heterocycles. The van der Waals surface area contributed by atoms with Crippen LogP contribution in [0, 0.1) is 0 Å². The highest BCUT2D eigenvalue weighted by atomic mass is 79.9. The second-order valence-corrected chi connectivity index (χ2v) is 3.35. The van der Waals surface area contributed by atoms with Gasteiger partial charge in [0, 0.05) is 6.54 Å². The van der Waals surface area contributed by atoms with Crippen molar-refractivity contribution < 1.29 is 5.11 Å². The molecular formula is C6H8BrN3O. The molecule has 0 fully saturated rings. The number of hydrogen-bond acceptors (Lipinski definition) is 3. The smallest absolute Gasteiger partial charge is 0.200 e. The minimum Gasteiger partial charge on any atom is -0.385 e. The van der Waals surface area contributed by atoms with Gasteiger partial charge >= 0.3 is 0 Å². The van der Waals surface area contributed by atoms with Crippen molar-refractivity contribution in [3.63, 3.8) is 0 Å². The molecule has 1 aromatic rings. The molecule has 4 nitrogen and oxygen atoms in total. The quantitative estimate of drug-likeness (QED) is 0.702. The molecule has 60 valence electrons. The summed E-state index contributed by atoms with van der Waals surface area (Å²) in [5.41, 5.74) is 0. The zero-order valence-electron chi connectivity index (χ0n) is 5.87. The summed E-state index contributed by atoms with van der Waals surface area (Å²) in [5, 5.41) is 17.1. The van der Waals surface area contributed by atoms with E-state index in [9.17, 15) is 5.11 Å². The van der Waals surface area contributed by atoms with Crippen LogP contribution in [-0.2, 0) is 6.54 Å². The largest absolute Gasteiger partial charge is 0.385 e. The summed E-state index contributed by atoms with van der Waals surface area (Å²) in [5.74, 6) is 0.683. The van der Waals surface area contributed by atoms with E-state index in [1.165, 1.54) is 0 Å². The van der Waals surface area contributed by atoms with Crippen LogP contribution in [0.1, 0.15) is 24.8 Å². The average molecular weight is 218 g/mol. The number of rotatable bonds is 0. The molecule has 0 radical (unpaired) electrons. The second kappa shape index (κ2) is 2.57. The minimum atomic E-state index is -0.428. The fraction of sp³-hybridized carbons (Fsp3) is 0.667. The van der Waals surface area contributed by atoms with E-state index in [4.69, 9.17) is 0 Å². The topological polar surface area (TPSA) is 50.9 Å². The predicted molar refractivity (Wildman–Crippen MR) is 41.9 cm³/mol. The van der Waals surface area contributed by atoms with Crippen molar-refractivity contribution in [1.82, 2.24) is 14.8 Å². The Bertz CT molecular complexity index is 273. The number of fused-ring (bicyclic) bond motifs is 1. The van der Waals surface area contributed by atoms with Gasteiger partial charge < -0.3 is 9.67 Å². The maximum atomic E-state index is 9.43. The van der Waals surface area contributed by atoms with Crippen molar-refractivity contribution in [2.75, 3.05) is 0 Å². The molecule has 1 aliphatic rings. The molecule has 0 aliphatic carbocycles.